The molecule has 0 amide bonds. The molecule has 2 aliphatic rings. The first kappa shape index (κ1) is 15.9. The number of ether oxygens (including phenoxy) is 2. The Morgan fingerprint density at radius 2 is 2.33 bits per heavy atom. The summed E-state index contributed by atoms with van der Waals surface area (Å²) in [4.78, 5) is 2.39. The Kier molecular flexibility index (Phi) is 4.43. The SMILES string of the molecule is Cc1ccc(CN2CCOC[C@]3(CC[C@H](Cn4cccn4)O3)C2)o1. The second kappa shape index (κ2) is 6.70. The summed E-state index contributed by atoms with van der Waals surface area (Å²) in [7, 11) is 0. The van der Waals surface area contributed by atoms with Crippen molar-refractivity contribution < 1.29 is 13.9 Å². The van der Waals surface area contributed by atoms with Gasteiger partial charge in [0.2, 0.25) is 0 Å². The normalized spacial score (nSPS) is 28.5. The van der Waals surface area contributed by atoms with Crippen LogP contribution in [0, 0.1) is 6.92 Å². The molecule has 24 heavy (non-hydrogen) atoms. The maximum absolute atomic E-state index is 6.46. The average Bonchev–Trinajstić information content (AvgIpc) is 3.25. The molecule has 6 heteroatoms. The van der Waals surface area contributed by atoms with Gasteiger partial charge in [-0.25, -0.2) is 0 Å². The van der Waals surface area contributed by atoms with Crippen LogP contribution in [-0.4, -0.2) is 52.7 Å². The zero-order chi connectivity index (χ0) is 16.4. The van der Waals surface area contributed by atoms with Crippen LogP contribution in [-0.2, 0) is 22.6 Å². The number of hydrogen-bond donors (Lipinski definition) is 0. The fourth-order valence-corrected chi connectivity index (χ4v) is 3.77. The number of rotatable bonds is 4. The predicted molar refractivity (Wildman–Crippen MR) is 88.6 cm³/mol. The summed E-state index contributed by atoms with van der Waals surface area (Å²) in [5, 5.41) is 4.29. The molecule has 2 fully saturated rings. The van der Waals surface area contributed by atoms with E-state index in [-0.39, 0.29) is 11.7 Å². The topological polar surface area (TPSA) is 52.7 Å². The highest BCUT2D eigenvalue weighted by molar-refractivity contribution is 5.06. The van der Waals surface area contributed by atoms with E-state index in [4.69, 9.17) is 13.9 Å². The number of hydrogen-bond acceptors (Lipinski definition) is 5. The Balaban J connectivity index is 1.40. The molecule has 1 spiro atoms. The lowest BCUT2D eigenvalue weighted by atomic mass is 10.00. The highest BCUT2D eigenvalue weighted by Crippen LogP contribution is 2.34. The minimum absolute atomic E-state index is 0.198. The smallest absolute Gasteiger partial charge is 0.118 e. The summed E-state index contributed by atoms with van der Waals surface area (Å²) in [6.07, 6.45) is 6.10. The third-order valence-electron chi connectivity index (χ3n) is 4.89. The van der Waals surface area contributed by atoms with Gasteiger partial charge in [0, 0.05) is 25.5 Å². The zero-order valence-electron chi connectivity index (χ0n) is 14.2. The molecule has 0 saturated carbocycles. The van der Waals surface area contributed by atoms with Gasteiger partial charge in [0.05, 0.1) is 32.4 Å². The van der Waals surface area contributed by atoms with Crippen LogP contribution in [0.4, 0.5) is 0 Å². The molecule has 2 aliphatic heterocycles. The Morgan fingerprint density at radius 1 is 1.38 bits per heavy atom. The summed E-state index contributed by atoms with van der Waals surface area (Å²) in [6, 6.07) is 6.03. The fourth-order valence-electron chi connectivity index (χ4n) is 3.77. The monoisotopic (exact) mass is 331 g/mol. The standard InChI is InChI=1S/C18H25N3O3/c1-15-3-4-16(23-15)11-20-9-10-22-14-18(13-20)6-5-17(24-18)12-21-8-2-7-19-21/h2-4,7-8,17H,5-6,9-14H2,1H3/t17-,18+/m1/s1. The molecule has 6 nitrogen and oxygen atoms in total. The van der Waals surface area contributed by atoms with E-state index in [0.717, 1.165) is 57.1 Å². The zero-order valence-corrected chi connectivity index (χ0v) is 14.2. The quantitative estimate of drug-likeness (QED) is 0.860. The lowest BCUT2D eigenvalue weighted by molar-refractivity contribution is -0.0907. The largest absolute Gasteiger partial charge is 0.465 e. The third-order valence-corrected chi connectivity index (χ3v) is 4.89. The maximum Gasteiger partial charge on any atom is 0.118 e. The summed E-state index contributed by atoms with van der Waals surface area (Å²) in [6.45, 7) is 6.83. The van der Waals surface area contributed by atoms with Crippen molar-refractivity contribution >= 4 is 0 Å². The van der Waals surface area contributed by atoms with Crippen LogP contribution in [0.2, 0.25) is 0 Å². The van der Waals surface area contributed by atoms with Crippen LogP contribution < -0.4 is 0 Å². The first-order valence-corrected chi connectivity index (χ1v) is 8.71. The van der Waals surface area contributed by atoms with Gasteiger partial charge >= 0.3 is 0 Å². The minimum atomic E-state index is -0.198. The van der Waals surface area contributed by atoms with Gasteiger partial charge in [-0.1, -0.05) is 0 Å². The molecule has 0 unspecified atom stereocenters. The lowest BCUT2D eigenvalue weighted by Crippen LogP contribution is -2.44. The summed E-state index contributed by atoms with van der Waals surface area (Å²) in [5.74, 6) is 1.97. The van der Waals surface area contributed by atoms with Crippen molar-refractivity contribution in [2.75, 3.05) is 26.3 Å². The van der Waals surface area contributed by atoms with Gasteiger partial charge in [-0.05, 0) is 38.0 Å². The molecule has 0 radical (unpaired) electrons. The second-order valence-electron chi connectivity index (χ2n) is 6.97. The fraction of sp³-hybridized carbons (Fsp3) is 0.611. The first-order valence-electron chi connectivity index (χ1n) is 8.71. The van der Waals surface area contributed by atoms with Crippen molar-refractivity contribution in [2.45, 2.75) is 44.6 Å². The molecular weight excluding hydrogens is 306 g/mol. The molecule has 4 rings (SSSR count). The Bertz CT molecular complexity index is 654. The van der Waals surface area contributed by atoms with Crippen molar-refractivity contribution in [1.29, 1.82) is 0 Å². The molecule has 2 aromatic heterocycles. The number of aryl methyl sites for hydroxylation is 1. The Labute approximate surface area is 142 Å². The van der Waals surface area contributed by atoms with E-state index in [1.807, 2.05) is 36.1 Å². The maximum atomic E-state index is 6.46. The van der Waals surface area contributed by atoms with Gasteiger partial charge < -0.3 is 13.9 Å². The number of nitrogens with zero attached hydrogens (tertiary/aromatic N) is 3. The van der Waals surface area contributed by atoms with Crippen molar-refractivity contribution in [3.05, 3.63) is 42.1 Å². The molecule has 0 bridgehead atoms. The van der Waals surface area contributed by atoms with Crippen molar-refractivity contribution in [3.8, 4) is 0 Å². The van der Waals surface area contributed by atoms with Crippen molar-refractivity contribution in [1.82, 2.24) is 14.7 Å². The Morgan fingerprint density at radius 3 is 3.12 bits per heavy atom. The van der Waals surface area contributed by atoms with Gasteiger partial charge in [-0.3, -0.25) is 9.58 Å². The van der Waals surface area contributed by atoms with Gasteiger partial charge in [-0.15, -0.1) is 0 Å². The molecule has 130 valence electrons. The molecule has 2 saturated heterocycles. The van der Waals surface area contributed by atoms with Gasteiger partial charge in [-0.2, -0.15) is 5.10 Å². The molecule has 0 N–H and O–H groups in total. The molecule has 4 heterocycles. The van der Waals surface area contributed by atoms with E-state index in [9.17, 15) is 0 Å². The average molecular weight is 331 g/mol. The van der Waals surface area contributed by atoms with E-state index >= 15 is 0 Å². The van der Waals surface area contributed by atoms with Crippen LogP contribution in [0.25, 0.3) is 0 Å². The van der Waals surface area contributed by atoms with E-state index in [1.165, 1.54) is 0 Å². The van der Waals surface area contributed by atoms with E-state index in [1.54, 1.807) is 0 Å². The predicted octanol–water partition coefficient (Wildman–Crippen LogP) is 2.23. The van der Waals surface area contributed by atoms with Crippen molar-refractivity contribution in [2.24, 2.45) is 0 Å². The van der Waals surface area contributed by atoms with Crippen molar-refractivity contribution in [3.63, 3.8) is 0 Å². The molecule has 0 aromatic carbocycles. The molecule has 2 aromatic rings. The third kappa shape index (κ3) is 3.55. The van der Waals surface area contributed by atoms with Gasteiger partial charge in [0.25, 0.3) is 0 Å². The molecular formula is C18H25N3O3. The van der Waals surface area contributed by atoms with Crippen LogP contribution in [0.1, 0.15) is 24.4 Å². The molecule has 0 aliphatic carbocycles. The lowest BCUT2D eigenvalue weighted by Gasteiger charge is -2.31. The van der Waals surface area contributed by atoms with Gasteiger partial charge in [0.1, 0.15) is 17.1 Å². The van der Waals surface area contributed by atoms with Crippen LogP contribution in [0.15, 0.2) is 35.0 Å². The van der Waals surface area contributed by atoms with Gasteiger partial charge in [0.15, 0.2) is 0 Å². The number of aromatic nitrogens is 2. The van der Waals surface area contributed by atoms with E-state index < -0.39 is 0 Å². The molecule has 2 atom stereocenters. The first-order chi connectivity index (χ1) is 11.7. The second-order valence-corrected chi connectivity index (χ2v) is 6.97. The van der Waals surface area contributed by atoms with E-state index in [2.05, 4.69) is 16.1 Å². The van der Waals surface area contributed by atoms with Crippen LogP contribution >= 0.6 is 0 Å². The summed E-state index contributed by atoms with van der Waals surface area (Å²) < 4.78 is 20.0. The summed E-state index contributed by atoms with van der Waals surface area (Å²) >= 11 is 0. The van der Waals surface area contributed by atoms with Crippen LogP contribution in [0.3, 0.4) is 0 Å². The summed E-state index contributed by atoms with van der Waals surface area (Å²) in [5.41, 5.74) is -0.198. The number of furan rings is 1. The minimum Gasteiger partial charge on any atom is -0.465 e. The Hall–Kier alpha value is -1.63. The van der Waals surface area contributed by atoms with Crippen LogP contribution in [0.5, 0.6) is 0 Å². The van der Waals surface area contributed by atoms with E-state index in [0.29, 0.717) is 6.61 Å². The highest BCUT2D eigenvalue weighted by Gasteiger charge is 2.43. The highest BCUT2D eigenvalue weighted by atomic mass is 16.6.